The van der Waals surface area contributed by atoms with Gasteiger partial charge in [-0.3, -0.25) is 19.6 Å². The number of primary amides is 1. The molecule has 10 heteroatoms. The molecular formula is C22H23N7O3. The van der Waals surface area contributed by atoms with Gasteiger partial charge < -0.3 is 15.6 Å². The molecule has 0 saturated carbocycles. The summed E-state index contributed by atoms with van der Waals surface area (Å²) in [5.41, 5.74) is 8.54. The average Bonchev–Trinajstić information content (AvgIpc) is 3.41. The molecule has 4 rings (SSSR count). The van der Waals surface area contributed by atoms with Gasteiger partial charge in [0.05, 0.1) is 29.4 Å². The number of hydrogen-bond acceptors (Lipinski definition) is 7. The van der Waals surface area contributed by atoms with Gasteiger partial charge >= 0.3 is 0 Å². The number of nitrogens with two attached hydrogens (primary N) is 1. The zero-order valence-corrected chi connectivity index (χ0v) is 17.9. The summed E-state index contributed by atoms with van der Waals surface area (Å²) in [6, 6.07) is 7.10. The number of aromatic nitrogens is 6. The second kappa shape index (κ2) is 8.23. The lowest BCUT2D eigenvalue weighted by molar-refractivity contribution is 0.0284. The van der Waals surface area contributed by atoms with Crippen LogP contribution in [0.5, 0.6) is 5.75 Å². The Kier molecular flexibility index (Phi) is 5.45. The highest BCUT2D eigenvalue weighted by Crippen LogP contribution is 2.33. The van der Waals surface area contributed by atoms with E-state index in [1.807, 2.05) is 0 Å². The predicted molar refractivity (Wildman–Crippen MR) is 118 cm³/mol. The van der Waals surface area contributed by atoms with Crippen molar-refractivity contribution < 1.29 is 14.6 Å². The maximum absolute atomic E-state index is 12.2. The summed E-state index contributed by atoms with van der Waals surface area (Å²) in [7, 11) is 1.78. The molecule has 0 bridgehead atoms. The average molecular weight is 433 g/mol. The molecule has 4 heterocycles. The van der Waals surface area contributed by atoms with Crippen LogP contribution in [0.4, 0.5) is 0 Å². The molecule has 0 atom stereocenters. The monoisotopic (exact) mass is 433 g/mol. The van der Waals surface area contributed by atoms with Gasteiger partial charge in [0.2, 0.25) is 0 Å². The number of hydrogen-bond donors (Lipinski definition) is 3. The highest BCUT2D eigenvalue weighted by atomic mass is 16.5. The third-order valence-corrected chi connectivity index (χ3v) is 4.61. The van der Waals surface area contributed by atoms with Crippen molar-refractivity contribution in [1.82, 2.24) is 29.9 Å². The van der Waals surface area contributed by atoms with Crippen LogP contribution in [0.1, 0.15) is 24.3 Å². The molecule has 0 aliphatic carbocycles. The van der Waals surface area contributed by atoms with Crippen LogP contribution in [0, 0.1) is 0 Å². The van der Waals surface area contributed by atoms with Gasteiger partial charge in [-0.15, -0.1) is 0 Å². The number of rotatable bonds is 7. The Morgan fingerprint density at radius 1 is 1.19 bits per heavy atom. The molecule has 0 aliphatic rings. The molecule has 164 valence electrons. The van der Waals surface area contributed by atoms with Gasteiger partial charge in [0.1, 0.15) is 23.7 Å². The second-order valence-electron chi connectivity index (χ2n) is 7.99. The van der Waals surface area contributed by atoms with E-state index in [9.17, 15) is 9.90 Å². The molecule has 0 unspecified atom stereocenters. The summed E-state index contributed by atoms with van der Waals surface area (Å²) in [4.78, 5) is 21.1. The van der Waals surface area contributed by atoms with Crippen molar-refractivity contribution in [1.29, 1.82) is 0 Å². The van der Waals surface area contributed by atoms with Gasteiger partial charge in [0.25, 0.3) is 5.91 Å². The highest BCUT2D eigenvalue weighted by molar-refractivity contribution is 6.00. The van der Waals surface area contributed by atoms with E-state index >= 15 is 0 Å². The zero-order valence-electron chi connectivity index (χ0n) is 17.9. The van der Waals surface area contributed by atoms with Crippen molar-refractivity contribution >= 4 is 5.91 Å². The van der Waals surface area contributed by atoms with Gasteiger partial charge in [0.15, 0.2) is 0 Å². The summed E-state index contributed by atoms with van der Waals surface area (Å²) in [5, 5.41) is 21.0. The molecule has 32 heavy (non-hydrogen) atoms. The largest absolute Gasteiger partial charge is 0.489 e. The van der Waals surface area contributed by atoms with Gasteiger partial charge in [-0.1, -0.05) is 0 Å². The van der Waals surface area contributed by atoms with Gasteiger partial charge in [-0.2, -0.15) is 10.2 Å². The number of ether oxygens (including phenoxy) is 1. The Balaban J connectivity index is 1.72. The Morgan fingerprint density at radius 3 is 2.59 bits per heavy atom. The minimum absolute atomic E-state index is 0.128. The number of carbonyl (C=O) groups excluding carboxylic acids is 1. The summed E-state index contributed by atoms with van der Waals surface area (Å²) in [6.45, 7) is 3.47. The molecule has 0 aliphatic heterocycles. The van der Waals surface area contributed by atoms with Gasteiger partial charge in [0, 0.05) is 36.1 Å². The topological polar surface area (TPSA) is 145 Å². The predicted octanol–water partition coefficient (Wildman–Crippen LogP) is 2.18. The first kappa shape index (κ1) is 21.2. The Morgan fingerprint density at radius 2 is 1.97 bits per heavy atom. The molecule has 4 aromatic rings. The van der Waals surface area contributed by atoms with Crippen molar-refractivity contribution in [2.75, 3.05) is 6.61 Å². The molecule has 0 aromatic carbocycles. The van der Waals surface area contributed by atoms with E-state index in [1.165, 1.54) is 0 Å². The number of carbonyl (C=O) groups is 1. The summed E-state index contributed by atoms with van der Waals surface area (Å²) in [6.07, 6.45) is 6.66. The lowest BCUT2D eigenvalue weighted by Gasteiger charge is -2.17. The van der Waals surface area contributed by atoms with Crippen molar-refractivity contribution in [3.63, 3.8) is 0 Å². The molecular weight excluding hydrogens is 410 g/mol. The van der Waals surface area contributed by atoms with Crippen LogP contribution in [0.25, 0.3) is 33.8 Å². The van der Waals surface area contributed by atoms with E-state index in [0.717, 1.165) is 5.56 Å². The van der Waals surface area contributed by atoms with E-state index in [2.05, 4.69) is 25.3 Å². The SMILES string of the molecule is Cn1cc(-c2ccc(-c3cn[nH]c3)nc2C(N)=O)c(-c2ccc(OCC(C)(C)O)cn2)n1. The fourth-order valence-corrected chi connectivity index (χ4v) is 3.16. The van der Waals surface area contributed by atoms with E-state index in [0.29, 0.717) is 34.0 Å². The van der Waals surface area contributed by atoms with Crippen molar-refractivity contribution in [2.24, 2.45) is 12.8 Å². The van der Waals surface area contributed by atoms with E-state index in [-0.39, 0.29) is 12.3 Å². The number of aromatic amines is 1. The normalized spacial score (nSPS) is 11.5. The number of H-pyrrole nitrogens is 1. The minimum Gasteiger partial charge on any atom is -0.489 e. The van der Waals surface area contributed by atoms with E-state index in [1.54, 1.807) is 74.6 Å². The Hall–Kier alpha value is -4.05. The number of nitrogens with one attached hydrogen (secondary N) is 1. The minimum atomic E-state index is -0.951. The van der Waals surface area contributed by atoms with Crippen LogP contribution in [0.2, 0.25) is 0 Å². The van der Waals surface area contributed by atoms with Gasteiger partial charge in [-0.25, -0.2) is 4.98 Å². The van der Waals surface area contributed by atoms with Crippen molar-refractivity contribution in [2.45, 2.75) is 19.4 Å². The van der Waals surface area contributed by atoms with Crippen LogP contribution in [0.15, 0.2) is 49.1 Å². The van der Waals surface area contributed by atoms with Crippen molar-refractivity contribution in [3.8, 4) is 39.5 Å². The maximum atomic E-state index is 12.2. The number of aryl methyl sites for hydroxylation is 1. The van der Waals surface area contributed by atoms with Crippen LogP contribution in [-0.4, -0.2) is 53.2 Å². The van der Waals surface area contributed by atoms with Gasteiger partial charge in [-0.05, 0) is 38.1 Å². The Labute approximate surface area is 184 Å². The maximum Gasteiger partial charge on any atom is 0.267 e. The van der Waals surface area contributed by atoms with Crippen LogP contribution in [-0.2, 0) is 7.05 Å². The molecule has 0 radical (unpaired) electrons. The van der Waals surface area contributed by atoms with Crippen LogP contribution < -0.4 is 10.5 Å². The lowest BCUT2D eigenvalue weighted by Crippen LogP contribution is -2.27. The third-order valence-electron chi connectivity index (χ3n) is 4.61. The molecule has 0 saturated heterocycles. The number of amides is 1. The van der Waals surface area contributed by atoms with Crippen molar-refractivity contribution in [3.05, 3.63) is 54.7 Å². The summed E-state index contributed by atoms with van der Waals surface area (Å²) in [5.74, 6) is -0.124. The summed E-state index contributed by atoms with van der Waals surface area (Å²) >= 11 is 0. The first-order chi connectivity index (χ1) is 15.2. The molecule has 1 amide bonds. The first-order valence-electron chi connectivity index (χ1n) is 9.87. The highest BCUT2D eigenvalue weighted by Gasteiger charge is 2.21. The fraction of sp³-hybridized carbons (Fsp3) is 0.227. The first-order valence-corrected chi connectivity index (χ1v) is 9.87. The quantitative estimate of drug-likeness (QED) is 0.405. The zero-order chi connectivity index (χ0) is 22.9. The number of nitrogens with zero attached hydrogens (tertiary/aromatic N) is 5. The molecule has 10 nitrogen and oxygen atoms in total. The standard InChI is InChI=1S/C22H23N7O3/c1-22(2,31)12-32-14-4-6-18(24-10-14)19-16(11-29(3)28-19)15-5-7-17(13-8-25-26-9-13)27-20(15)21(23)30/h4-11,31H,12H2,1-3H3,(H2,23,30)(H,25,26). The lowest BCUT2D eigenvalue weighted by atomic mass is 10.0. The van der Waals surface area contributed by atoms with Crippen LogP contribution in [0.3, 0.4) is 0 Å². The van der Waals surface area contributed by atoms with E-state index in [4.69, 9.17) is 10.5 Å². The molecule has 0 spiro atoms. The Bertz CT molecular complexity index is 1240. The van der Waals surface area contributed by atoms with E-state index < -0.39 is 11.5 Å². The smallest absolute Gasteiger partial charge is 0.267 e. The number of pyridine rings is 2. The molecule has 0 fully saturated rings. The number of aliphatic hydroxyl groups is 1. The van der Waals surface area contributed by atoms with Crippen LogP contribution >= 0.6 is 0 Å². The second-order valence-corrected chi connectivity index (χ2v) is 7.99. The third kappa shape index (κ3) is 4.49. The molecule has 4 aromatic heterocycles. The summed E-state index contributed by atoms with van der Waals surface area (Å²) < 4.78 is 7.20. The fourth-order valence-electron chi connectivity index (χ4n) is 3.16. The molecule has 4 N–H and O–H groups in total.